The minimum absolute atomic E-state index is 0.0971. The van der Waals surface area contributed by atoms with E-state index >= 15 is 0 Å². The van der Waals surface area contributed by atoms with Gasteiger partial charge in [-0.15, -0.1) is 0 Å². The molecule has 152 valence electrons. The van der Waals surface area contributed by atoms with Crippen molar-refractivity contribution in [3.8, 4) is 17.4 Å². The largest absolute Gasteiger partial charge is 0.421 e. The highest BCUT2D eigenvalue weighted by Crippen LogP contribution is 2.32. The fourth-order valence-corrected chi connectivity index (χ4v) is 4.06. The van der Waals surface area contributed by atoms with Crippen molar-refractivity contribution in [3.05, 3.63) is 87.3 Å². The molecule has 30 heavy (non-hydrogen) atoms. The molecule has 0 atom stereocenters. The summed E-state index contributed by atoms with van der Waals surface area (Å²) in [6, 6.07) is 20.4. The van der Waals surface area contributed by atoms with Gasteiger partial charge >= 0.3 is 5.63 Å². The molecule has 2 heterocycles. The van der Waals surface area contributed by atoms with Gasteiger partial charge in [0.2, 0.25) is 0 Å². The van der Waals surface area contributed by atoms with E-state index < -0.39 is 5.63 Å². The predicted octanol–water partition coefficient (Wildman–Crippen LogP) is 4.12. The first-order chi connectivity index (χ1) is 14.6. The summed E-state index contributed by atoms with van der Waals surface area (Å²) in [4.78, 5) is 17.2. The van der Waals surface area contributed by atoms with Crippen molar-refractivity contribution in [2.45, 2.75) is 20.4 Å². The van der Waals surface area contributed by atoms with Crippen molar-refractivity contribution in [1.29, 1.82) is 5.26 Å². The van der Waals surface area contributed by atoms with Crippen LogP contribution in [0.5, 0.6) is 0 Å². The van der Waals surface area contributed by atoms with Crippen molar-refractivity contribution >= 4 is 5.69 Å². The van der Waals surface area contributed by atoms with E-state index in [1.54, 1.807) is 0 Å². The Kier molecular flexibility index (Phi) is 5.69. The summed E-state index contributed by atoms with van der Waals surface area (Å²) >= 11 is 0. The average molecular weight is 399 g/mol. The minimum atomic E-state index is -0.569. The van der Waals surface area contributed by atoms with Crippen LogP contribution < -0.4 is 10.5 Å². The summed E-state index contributed by atoms with van der Waals surface area (Å²) in [6.07, 6.45) is 0. The fourth-order valence-electron chi connectivity index (χ4n) is 4.06. The van der Waals surface area contributed by atoms with E-state index in [-0.39, 0.29) is 5.56 Å². The van der Waals surface area contributed by atoms with Gasteiger partial charge in [-0.05, 0) is 19.4 Å². The van der Waals surface area contributed by atoms with Gasteiger partial charge in [-0.1, -0.05) is 60.2 Å². The molecule has 0 aliphatic carbocycles. The molecule has 5 heteroatoms. The van der Waals surface area contributed by atoms with Crippen molar-refractivity contribution in [3.63, 3.8) is 0 Å². The first-order valence-corrected chi connectivity index (χ1v) is 10.2. The summed E-state index contributed by atoms with van der Waals surface area (Å²) < 4.78 is 5.57. The van der Waals surface area contributed by atoms with Gasteiger partial charge in [0.1, 0.15) is 11.8 Å². The lowest BCUT2D eigenvalue weighted by molar-refractivity contribution is 0.249. The van der Waals surface area contributed by atoms with E-state index in [4.69, 9.17) is 4.42 Å². The topological polar surface area (TPSA) is 60.5 Å². The van der Waals surface area contributed by atoms with Gasteiger partial charge in [0.25, 0.3) is 0 Å². The highest BCUT2D eigenvalue weighted by atomic mass is 16.4. The molecule has 1 saturated heterocycles. The maximum Gasteiger partial charge on any atom is 0.356 e. The molecule has 0 unspecified atom stereocenters. The first-order valence-electron chi connectivity index (χ1n) is 10.2. The number of benzene rings is 2. The van der Waals surface area contributed by atoms with Crippen LogP contribution in [0.15, 0.2) is 63.8 Å². The van der Waals surface area contributed by atoms with Gasteiger partial charge in [0, 0.05) is 43.9 Å². The second-order valence-corrected chi connectivity index (χ2v) is 7.79. The Morgan fingerprint density at radius 1 is 0.967 bits per heavy atom. The summed E-state index contributed by atoms with van der Waals surface area (Å²) in [5.41, 5.74) is 4.36. The van der Waals surface area contributed by atoms with E-state index in [1.165, 1.54) is 5.56 Å². The number of nitriles is 1. The Morgan fingerprint density at radius 3 is 2.27 bits per heavy atom. The van der Waals surface area contributed by atoms with Crippen LogP contribution in [0.3, 0.4) is 0 Å². The monoisotopic (exact) mass is 399 g/mol. The SMILES string of the molecule is Cc1ccc(-c2oc(=O)c(C#N)c(N3CCN(Cc4ccccc4)CC3)c2C)cc1. The average Bonchev–Trinajstić information content (AvgIpc) is 2.77. The fraction of sp³-hybridized carbons (Fsp3) is 0.280. The van der Waals surface area contributed by atoms with Crippen molar-refractivity contribution in [1.82, 2.24) is 4.90 Å². The van der Waals surface area contributed by atoms with Gasteiger partial charge in [0.15, 0.2) is 5.56 Å². The van der Waals surface area contributed by atoms with Gasteiger partial charge in [-0.3, -0.25) is 4.90 Å². The van der Waals surface area contributed by atoms with Crippen LogP contribution in [0.2, 0.25) is 0 Å². The van der Waals surface area contributed by atoms with Gasteiger partial charge in [0.05, 0.1) is 5.69 Å². The van der Waals surface area contributed by atoms with Gasteiger partial charge in [-0.2, -0.15) is 5.26 Å². The number of hydrogen-bond donors (Lipinski definition) is 0. The first kappa shape index (κ1) is 19.9. The molecule has 0 saturated carbocycles. The number of rotatable bonds is 4. The molecule has 1 aliphatic heterocycles. The zero-order valence-electron chi connectivity index (χ0n) is 17.4. The third kappa shape index (κ3) is 4.00. The second kappa shape index (κ2) is 8.56. The third-order valence-corrected chi connectivity index (χ3v) is 5.69. The summed E-state index contributed by atoms with van der Waals surface area (Å²) in [6.45, 7) is 8.14. The minimum Gasteiger partial charge on any atom is -0.421 e. The molecule has 1 aliphatic rings. The lowest BCUT2D eigenvalue weighted by Crippen LogP contribution is -2.46. The van der Waals surface area contributed by atoms with E-state index in [2.05, 4.69) is 40.1 Å². The van der Waals surface area contributed by atoms with Crippen LogP contribution >= 0.6 is 0 Å². The normalized spacial score (nSPS) is 14.5. The zero-order chi connectivity index (χ0) is 21.1. The molecule has 3 aromatic rings. The standard InChI is InChI=1S/C25H25N3O2/c1-18-8-10-21(11-9-18)24-19(2)23(22(16-26)25(29)30-24)28-14-12-27(13-15-28)17-20-6-4-3-5-7-20/h3-11H,12-15,17H2,1-2H3. The summed E-state index contributed by atoms with van der Waals surface area (Å²) in [5.74, 6) is 0.542. The quantitative estimate of drug-likeness (QED) is 0.661. The lowest BCUT2D eigenvalue weighted by atomic mass is 10.0. The number of nitrogens with zero attached hydrogens (tertiary/aromatic N) is 3. The third-order valence-electron chi connectivity index (χ3n) is 5.69. The van der Waals surface area contributed by atoms with E-state index in [1.807, 2.05) is 44.2 Å². The molecule has 0 radical (unpaired) electrons. The van der Waals surface area contributed by atoms with Gasteiger partial charge in [-0.25, -0.2) is 4.79 Å². The number of anilines is 1. The van der Waals surface area contributed by atoms with E-state index in [0.29, 0.717) is 11.4 Å². The Labute approximate surface area is 176 Å². The molecule has 4 rings (SSSR count). The zero-order valence-corrected chi connectivity index (χ0v) is 17.4. The number of piperazine rings is 1. The van der Waals surface area contributed by atoms with E-state index in [9.17, 15) is 10.1 Å². The van der Waals surface area contributed by atoms with Crippen LogP contribution in [-0.2, 0) is 6.54 Å². The van der Waals surface area contributed by atoms with Crippen molar-refractivity contribution in [2.24, 2.45) is 0 Å². The Bertz CT molecular complexity index is 1120. The smallest absolute Gasteiger partial charge is 0.356 e. The molecule has 0 amide bonds. The molecule has 1 aromatic heterocycles. The highest BCUT2D eigenvalue weighted by Gasteiger charge is 2.25. The molecule has 0 N–H and O–H groups in total. The highest BCUT2D eigenvalue weighted by molar-refractivity contribution is 5.73. The van der Waals surface area contributed by atoms with Crippen molar-refractivity contribution in [2.75, 3.05) is 31.1 Å². The predicted molar refractivity (Wildman–Crippen MR) is 119 cm³/mol. The van der Waals surface area contributed by atoms with Crippen LogP contribution in [0.25, 0.3) is 11.3 Å². The maximum atomic E-state index is 12.6. The van der Waals surface area contributed by atoms with E-state index in [0.717, 1.165) is 49.4 Å². The molecule has 2 aromatic carbocycles. The number of aryl methyl sites for hydroxylation is 1. The number of hydrogen-bond acceptors (Lipinski definition) is 5. The van der Waals surface area contributed by atoms with Gasteiger partial charge < -0.3 is 9.32 Å². The van der Waals surface area contributed by atoms with Crippen LogP contribution in [0.1, 0.15) is 22.3 Å². The Morgan fingerprint density at radius 2 is 1.63 bits per heavy atom. The second-order valence-electron chi connectivity index (χ2n) is 7.79. The molecule has 0 spiro atoms. The van der Waals surface area contributed by atoms with Crippen LogP contribution in [-0.4, -0.2) is 31.1 Å². The Hall–Kier alpha value is -3.36. The molecule has 0 bridgehead atoms. The summed E-state index contributed by atoms with van der Waals surface area (Å²) in [7, 11) is 0. The molecule has 5 nitrogen and oxygen atoms in total. The summed E-state index contributed by atoms with van der Waals surface area (Å²) in [5, 5.41) is 9.65. The van der Waals surface area contributed by atoms with Crippen LogP contribution in [0.4, 0.5) is 5.69 Å². The van der Waals surface area contributed by atoms with Crippen molar-refractivity contribution < 1.29 is 4.42 Å². The Balaban J connectivity index is 1.61. The maximum absolute atomic E-state index is 12.6. The lowest BCUT2D eigenvalue weighted by Gasteiger charge is -2.37. The molecular weight excluding hydrogens is 374 g/mol. The molecule has 1 fully saturated rings. The molecular formula is C25H25N3O2. The van der Waals surface area contributed by atoms with Crippen LogP contribution in [0, 0.1) is 25.2 Å².